The van der Waals surface area contributed by atoms with Crippen molar-refractivity contribution in [2.45, 2.75) is 13.5 Å². The average Bonchev–Trinajstić information content (AvgIpc) is 2.67. The fourth-order valence-corrected chi connectivity index (χ4v) is 2.58. The Balaban J connectivity index is 1.58. The van der Waals surface area contributed by atoms with Gasteiger partial charge in [-0.05, 0) is 60.0 Å². The summed E-state index contributed by atoms with van der Waals surface area (Å²) >= 11 is 0. The first-order valence-corrected chi connectivity index (χ1v) is 8.21. The molecule has 5 heteroatoms. The Bertz CT molecular complexity index is 958. The van der Waals surface area contributed by atoms with Gasteiger partial charge in [-0.2, -0.15) is 5.26 Å². The number of hydrogen-bond donors (Lipinski definition) is 2. The smallest absolute Gasteiger partial charge is 0.319 e. The first-order valence-electron chi connectivity index (χ1n) is 8.21. The van der Waals surface area contributed by atoms with E-state index in [1.54, 1.807) is 24.4 Å². The summed E-state index contributed by atoms with van der Waals surface area (Å²) in [5.74, 6) is 0. The van der Waals surface area contributed by atoms with Gasteiger partial charge in [0.15, 0.2) is 0 Å². The zero-order chi connectivity index (χ0) is 18.4. The van der Waals surface area contributed by atoms with Crippen LogP contribution in [-0.4, -0.2) is 11.0 Å². The number of nitrogens with zero attached hydrogens (tertiary/aromatic N) is 2. The van der Waals surface area contributed by atoms with Crippen LogP contribution in [0.5, 0.6) is 0 Å². The van der Waals surface area contributed by atoms with Crippen LogP contribution in [-0.2, 0) is 6.54 Å². The summed E-state index contributed by atoms with van der Waals surface area (Å²) in [4.78, 5) is 16.2. The molecule has 5 nitrogen and oxygen atoms in total. The van der Waals surface area contributed by atoms with Crippen LogP contribution in [0.3, 0.4) is 0 Å². The molecule has 0 atom stereocenters. The maximum absolute atomic E-state index is 12.0. The lowest BCUT2D eigenvalue weighted by atomic mass is 10.1. The highest BCUT2D eigenvalue weighted by Gasteiger charge is 2.04. The lowest BCUT2D eigenvalue weighted by Crippen LogP contribution is -2.28. The molecule has 0 radical (unpaired) electrons. The highest BCUT2D eigenvalue weighted by Crippen LogP contribution is 2.21. The molecule has 2 aromatic carbocycles. The summed E-state index contributed by atoms with van der Waals surface area (Å²) < 4.78 is 0. The van der Waals surface area contributed by atoms with Crippen molar-refractivity contribution in [2.24, 2.45) is 0 Å². The third-order valence-electron chi connectivity index (χ3n) is 3.88. The molecule has 1 heterocycles. The number of carbonyl (C=O) groups excluding carboxylic acids is 1. The van der Waals surface area contributed by atoms with E-state index in [0.717, 1.165) is 22.4 Å². The van der Waals surface area contributed by atoms with E-state index in [1.165, 1.54) is 0 Å². The summed E-state index contributed by atoms with van der Waals surface area (Å²) in [5.41, 5.74) is 5.28. The van der Waals surface area contributed by atoms with Gasteiger partial charge in [0.1, 0.15) is 0 Å². The van der Waals surface area contributed by atoms with Gasteiger partial charge in [0, 0.05) is 24.1 Å². The Morgan fingerprint density at radius 2 is 1.88 bits per heavy atom. The van der Waals surface area contributed by atoms with Crippen molar-refractivity contribution in [3.63, 3.8) is 0 Å². The molecular formula is C21H18N4O. The second-order valence-corrected chi connectivity index (χ2v) is 5.88. The third-order valence-corrected chi connectivity index (χ3v) is 3.88. The van der Waals surface area contributed by atoms with Crippen LogP contribution in [0.1, 0.15) is 16.8 Å². The van der Waals surface area contributed by atoms with Gasteiger partial charge in [-0.15, -0.1) is 0 Å². The Morgan fingerprint density at radius 3 is 2.62 bits per heavy atom. The first kappa shape index (κ1) is 17.2. The van der Waals surface area contributed by atoms with Crippen LogP contribution < -0.4 is 10.6 Å². The van der Waals surface area contributed by atoms with Crippen molar-refractivity contribution < 1.29 is 4.79 Å². The molecule has 0 spiro atoms. The number of nitrogens with one attached hydrogen (secondary N) is 2. The largest absolute Gasteiger partial charge is 0.334 e. The average molecular weight is 342 g/mol. The summed E-state index contributed by atoms with van der Waals surface area (Å²) in [6, 6.07) is 20.6. The summed E-state index contributed by atoms with van der Waals surface area (Å²) in [7, 11) is 0. The van der Waals surface area contributed by atoms with Crippen molar-refractivity contribution in [2.75, 3.05) is 5.32 Å². The second-order valence-electron chi connectivity index (χ2n) is 5.88. The number of rotatable bonds is 4. The lowest BCUT2D eigenvalue weighted by molar-refractivity contribution is 0.251. The van der Waals surface area contributed by atoms with Gasteiger partial charge in [0.05, 0.1) is 11.6 Å². The highest BCUT2D eigenvalue weighted by molar-refractivity contribution is 5.89. The fourth-order valence-electron chi connectivity index (χ4n) is 2.58. The minimum absolute atomic E-state index is 0.292. The molecule has 0 aliphatic carbocycles. The van der Waals surface area contributed by atoms with Gasteiger partial charge in [-0.1, -0.05) is 24.3 Å². The molecule has 0 saturated carbocycles. The number of nitriles is 1. The Labute approximate surface area is 152 Å². The first-order chi connectivity index (χ1) is 12.6. The van der Waals surface area contributed by atoms with Crippen molar-refractivity contribution in [1.29, 1.82) is 5.26 Å². The van der Waals surface area contributed by atoms with E-state index < -0.39 is 0 Å². The molecule has 0 aliphatic heterocycles. The van der Waals surface area contributed by atoms with E-state index in [4.69, 9.17) is 5.26 Å². The highest BCUT2D eigenvalue weighted by atomic mass is 16.2. The molecule has 0 unspecified atom stereocenters. The van der Waals surface area contributed by atoms with Crippen molar-refractivity contribution >= 4 is 11.7 Å². The van der Waals surface area contributed by atoms with Gasteiger partial charge in [0.25, 0.3) is 0 Å². The molecule has 2 amide bonds. The number of aryl methyl sites for hydroxylation is 1. The van der Waals surface area contributed by atoms with E-state index in [-0.39, 0.29) is 6.03 Å². The molecule has 1 aromatic heterocycles. The quantitative estimate of drug-likeness (QED) is 0.744. The van der Waals surface area contributed by atoms with Crippen molar-refractivity contribution in [1.82, 2.24) is 10.3 Å². The van der Waals surface area contributed by atoms with Crippen LogP contribution in [0, 0.1) is 18.3 Å². The zero-order valence-corrected chi connectivity index (χ0v) is 14.4. The predicted octanol–water partition coefficient (Wildman–Crippen LogP) is 4.25. The number of anilines is 1. The van der Waals surface area contributed by atoms with Crippen LogP contribution in [0.15, 0.2) is 66.9 Å². The molecule has 0 aliphatic rings. The summed E-state index contributed by atoms with van der Waals surface area (Å²) in [5, 5.41) is 14.5. The van der Waals surface area contributed by atoms with E-state index in [1.807, 2.05) is 49.4 Å². The second kappa shape index (κ2) is 7.95. The molecule has 26 heavy (non-hydrogen) atoms. The number of benzene rings is 2. The molecule has 3 aromatic rings. The molecule has 3 rings (SSSR count). The Hall–Kier alpha value is -3.65. The number of carbonyl (C=O) groups is 1. The van der Waals surface area contributed by atoms with Gasteiger partial charge >= 0.3 is 6.03 Å². The molecular weight excluding hydrogens is 324 g/mol. The predicted molar refractivity (Wildman–Crippen MR) is 101 cm³/mol. The molecule has 128 valence electrons. The van der Waals surface area contributed by atoms with Crippen LogP contribution in [0.25, 0.3) is 11.1 Å². The van der Waals surface area contributed by atoms with Crippen LogP contribution >= 0.6 is 0 Å². The van der Waals surface area contributed by atoms with E-state index in [0.29, 0.717) is 17.8 Å². The number of pyridine rings is 1. The standard InChI is InChI=1S/C21H18N4O/c1-15-11-19(9-10-23-15)18-5-7-20(8-6-18)25-21(26)24-14-17-4-2-3-16(12-17)13-22/h2-12H,14H2,1H3,(H2,24,25,26). The third kappa shape index (κ3) is 4.46. The number of amides is 2. The minimum atomic E-state index is -0.292. The lowest BCUT2D eigenvalue weighted by Gasteiger charge is -2.09. The van der Waals surface area contributed by atoms with Crippen LogP contribution in [0.2, 0.25) is 0 Å². The molecule has 0 saturated heterocycles. The minimum Gasteiger partial charge on any atom is -0.334 e. The van der Waals surface area contributed by atoms with Gasteiger partial charge < -0.3 is 10.6 Å². The summed E-state index contributed by atoms with van der Waals surface area (Å²) in [6.45, 7) is 2.31. The normalized spacial score (nSPS) is 10.0. The van der Waals surface area contributed by atoms with Crippen molar-refractivity contribution in [3.05, 3.63) is 83.7 Å². The Kier molecular flexibility index (Phi) is 5.25. The maximum atomic E-state index is 12.0. The van der Waals surface area contributed by atoms with Crippen molar-refractivity contribution in [3.8, 4) is 17.2 Å². The topological polar surface area (TPSA) is 77.8 Å². The fraction of sp³-hybridized carbons (Fsp3) is 0.0952. The zero-order valence-electron chi connectivity index (χ0n) is 14.4. The van der Waals surface area contributed by atoms with E-state index in [2.05, 4.69) is 21.7 Å². The maximum Gasteiger partial charge on any atom is 0.319 e. The SMILES string of the molecule is Cc1cc(-c2ccc(NC(=O)NCc3cccc(C#N)c3)cc2)ccn1. The molecule has 0 fully saturated rings. The monoisotopic (exact) mass is 342 g/mol. The van der Waals surface area contributed by atoms with Gasteiger partial charge in [-0.25, -0.2) is 4.79 Å². The van der Waals surface area contributed by atoms with Gasteiger partial charge in [0.2, 0.25) is 0 Å². The van der Waals surface area contributed by atoms with E-state index >= 15 is 0 Å². The molecule has 2 N–H and O–H groups in total. The van der Waals surface area contributed by atoms with E-state index in [9.17, 15) is 4.79 Å². The Morgan fingerprint density at radius 1 is 1.08 bits per heavy atom. The number of hydrogen-bond acceptors (Lipinski definition) is 3. The van der Waals surface area contributed by atoms with Gasteiger partial charge in [-0.3, -0.25) is 4.98 Å². The number of aromatic nitrogens is 1. The number of urea groups is 1. The van der Waals surface area contributed by atoms with Crippen LogP contribution in [0.4, 0.5) is 10.5 Å². The molecule has 0 bridgehead atoms. The summed E-state index contributed by atoms with van der Waals surface area (Å²) in [6.07, 6.45) is 1.78.